The summed E-state index contributed by atoms with van der Waals surface area (Å²) in [6.45, 7) is 0. The molecule has 4 nitrogen and oxygen atoms in total. The van der Waals surface area contributed by atoms with Crippen molar-refractivity contribution in [1.82, 2.24) is 15.0 Å². The number of hydrogen-bond donors (Lipinski definition) is 0. The van der Waals surface area contributed by atoms with Gasteiger partial charge < -0.3 is 0 Å². The molecule has 0 bridgehead atoms. The van der Waals surface area contributed by atoms with E-state index in [0.29, 0.717) is 0 Å². The molecule has 0 saturated heterocycles. The van der Waals surface area contributed by atoms with Gasteiger partial charge in [0.05, 0.1) is 33.1 Å². The molecule has 2 aromatic rings. The molecule has 1 aliphatic heterocycles. The van der Waals surface area contributed by atoms with E-state index in [0.717, 1.165) is 21.6 Å². The lowest BCUT2D eigenvalue weighted by Crippen LogP contribution is -1.92. The molecule has 0 spiro atoms. The Bertz CT molecular complexity index is 579. The minimum absolute atomic E-state index is 0.731. The van der Waals surface area contributed by atoms with Crippen molar-refractivity contribution in [3.8, 4) is 0 Å². The molecule has 1 unspecified atom stereocenters. The first-order valence-electron chi connectivity index (χ1n) is 4.04. The van der Waals surface area contributed by atoms with Crippen LogP contribution in [-0.4, -0.2) is 19.2 Å². The molecule has 0 aromatic carbocycles. The monoisotopic (exact) mass is 203 g/mol. The van der Waals surface area contributed by atoms with Crippen LogP contribution < -0.4 is 0 Å². The second kappa shape index (κ2) is 2.68. The lowest BCUT2D eigenvalue weighted by atomic mass is 10.3. The molecule has 2 aromatic heterocycles. The normalized spacial score (nSPS) is 18.7. The van der Waals surface area contributed by atoms with Crippen LogP contribution in [0.1, 0.15) is 5.69 Å². The molecule has 0 aliphatic carbocycles. The summed E-state index contributed by atoms with van der Waals surface area (Å²) in [6.07, 6.45) is 4.87. The summed E-state index contributed by atoms with van der Waals surface area (Å²) in [5.74, 6) is 0. The molecule has 0 fully saturated rings. The van der Waals surface area contributed by atoms with Crippen LogP contribution in [0, 0.1) is 0 Å². The maximum atomic E-state index is 11.5. The fourth-order valence-corrected chi connectivity index (χ4v) is 2.34. The molecule has 1 atom stereocenters. The summed E-state index contributed by atoms with van der Waals surface area (Å²) in [7, 11) is -1.06. The van der Waals surface area contributed by atoms with Gasteiger partial charge in [0, 0.05) is 5.41 Å². The van der Waals surface area contributed by atoms with Gasteiger partial charge in [-0.15, -0.1) is 0 Å². The van der Waals surface area contributed by atoms with E-state index in [2.05, 4.69) is 15.0 Å². The Morgan fingerprint density at radius 1 is 1.29 bits per heavy atom. The van der Waals surface area contributed by atoms with Crippen molar-refractivity contribution < 1.29 is 4.21 Å². The zero-order chi connectivity index (χ0) is 9.54. The highest BCUT2D eigenvalue weighted by atomic mass is 32.2. The van der Waals surface area contributed by atoms with Crippen molar-refractivity contribution in [3.63, 3.8) is 0 Å². The SMILES string of the molecule is O=S1C=Cc2nc3cncnc3cc21. The van der Waals surface area contributed by atoms with Gasteiger partial charge in [-0.3, -0.25) is 0 Å². The Hall–Kier alpha value is -1.62. The Morgan fingerprint density at radius 2 is 2.21 bits per heavy atom. The smallest absolute Gasteiger partial charge is 0.116 e. The van der Waals surface area contributed by atoms with E-state index in [9.17, 15) is 4.21 Å². The van der Waals surface area contributed by atoms with Crippen LogP contribution in [-0.2, 0) is 10.8 Å². The van der Waals surface area contributed by atoms with E-state index in [-0.39, 0.29) is 0 Å². The first kappa shape index (κ1) is 7.75. The summed E-state index contributed by atoms with van der Waals surface area (Å²) in [5, 5.41) is 1.63. The van der Waals surface area contributed by atoms with Crippen LogP contribution in [0.2, 0.25) is 0 Å². The van der Waals surface area contributed by atoms with Crippen molar-refractivity contribution in [2.75, 3.05) is 0 Å². The lowest BCUT2D eigenvalue weighted by molar-refractivity contribution is 0.689. The van der Waals surface area contributed by atoms with Gasteiger partial charge in [0.1, 0.15) is 11.8 Å². The Labute approximate surface area is 82.2 Å². The van der Waals surface area contributed by atoms with E-state index in [4.69, 9.17) is 0 Å². The predicted molar refractivity (Wildman–Crippen MR) is 52.8 cm³/mol. The number of fused-ring (bicyclic) bond motifs is 2. The Kier molecular flexibility index (Phi) is 1.49. The summed E-state index contributed by atoms with van der Waals surface area (Å²) in [4.78, 5) is 13.0. The summed E-state index contributed by atoms with van der Waals surface area (Å²) < 4.78 is 11.5. The summed E-state index contributed by atoms with van der Waals surface area (Å²) in [6, 6.07) is 1.80. The highest BCUT2D eigenvalue weighted by molar-refractivity contribution is 7.88. The summed E-state index contributed by atoms with van der Waals surface area (Å²) in [5.41, 5.74) is 2.22. The number of aromatic nitrogens is 3. The fourth-order valence-electron chi connectivity index (χ4n) is 1.39. The number of hydrogen-bond acceptors (Lipinski definition) is 4. The zero-order valence-corrected chi connectivity index (χ0v) is 7.86. The van der Waals surface area contributed by atoms with E-state index in [1.54, 1.807) is 23.7 Å². The van der Waals surface area contributed by atoms with Gasteiger partial charge in [-0.05, 0) is 12.1 Å². The van der Waals surface area contributed by atoms with Crippen molar-refractivity contribution in [2.24, 2.45) is 0 Å². The molecular formula is C9H5N3OS. The van der Waals surface area contributed by atoms with Crippen molar-refractivity contribution in [2.45, 2.75) is 4.90 Å². The first-order valence-corrected chi connectivity index (χ1v) is 5.25. The molecule has 3 heterocycles. The molecule has 0 radical (unpaired) electrons. The second-order valence-electron chi connectivity index (χ2n) is 2.90. The maximum absolute atomic E-state index is 11.5. The van der Waals surface area contributed by atoms with Gasteiger partial charge in [0.15, 0.2) is 0 Å². The van der Waals surface area contributed by atoms with Gasteiger partial charge in [-0.25, -0.2) is 19.2 Å². The minimum Gasteiger partial charge on any atom is -0.250 e. The number of pyridine rings is 1. The molecule has 0 saturated carbocycles. The molecule has 3 rings (SSSR count). The van der Waals surface area contributed by atoms with E-state index in [1.807, 2.05) is 0 Å². The van der Waals surface area contributed by atoms with Gasteiger partial charge in [-0.2, -0.15) is 0 Å². The summed E-state index contributed by atoms with van der Waals surface area (Å²) >= 11 is 0. The lowest BCUT2D eigenvalue weighted by Gasteiger charge is -1.99. The van der Waals surface area contributed by atoms with Crippen molar-refractivity contribution >= 4 is 27.9 Å². The molecule has 68 valence electrons. The average Bonchev–Trinajstić information content (AvgIpc) is 2.57. The van der Waals surface area contributed by atoms with Crippen molar-refractivity contribution in [3.05, 3.63) is 29.7 Å². The topological polar surface area (TPSA) is 55.7 Å². The van der Waals surface area contributed by atoms with Crippen LogP contribution in [0.4, 0.5) is 0 Å². The molecular weight excluding hydrogens is 198 g/mol. The minimum atomic E-state index is -1.06. The third kappa shape index (κ3) is 0.990. The first-order chi connectivity index (χ1) is 6.84. The van der Waals surface area contributed by atoms with Gasteiger partial charge >= 0.3 is 0 Å². The van der Waals surface area contributed by atoms with E-state index >= 15 is 0 Å². The van der Waals surface area contributed by atoms with E-state index < -0.39 is 10.8 Å². The molecule has 5 heteroatoms. The second-order valence-corrected chi connectivity index (χ2v) is 4.21. The van der Waals surface area contributed by atoms with Crippen LogP contribution in [0.5, 0.6) is 0 Å². The molecule has 14 heavy (non-hydrogen) atoms. The number of nitrogens with zero attached hydrogens (tertiary/aromatic N) is 3. The van der Waals surface area contributed by atoms with Crippen LogP contribution in [0.15, 0.2) is 28.9 Å². The van der Waals surface area contributed by atoms with E-state index in [1.165, 1.54) is 6.33 Å². The predicted octanol–water partition coefficient (Wildman–Crippen LogP) is 1.12. The van der Waals surface area contributed by atoms with Gasteiger partial charge in [0.25, 0.3) is 0 Å². The van der Waals surface area contributed by atoms with Gasteiger partial charge in [0.2, 0.25) is 0 Å². The Balaban J connectivity index is 2.42. The quantitative estimate of drug-likeness (QED) is 0.643. The standard InChI is InChI=1S/C9H5N3OS/c13-14-2-1-6-9(14)3-7-8(12-6)4-10-5-11-7/h1-5H. The highest BCUT2D eigenvalue weighted by Gasteiger charge is 2.14. The largest absolute Gasteiger partial charge is 0.250 e. The third-order valence-electron chi connectivity index (χ3n) is 2.05. The molecule has 0 N–H and O–H groups in total. The fraction of sp³-hybridized carbons (Fsp3) is 0. The van der Waals surface area contributed by atoms with Crippen LogP contribution in [0.3, 0.4) is 0 Å². The molecule has 1 aliphatic rings. The maximum Gasteiger partial charge on any atom is 0.116 e. The third-order valence-corrected chi connectivity index (χ3v) is 3.19. The highest BCUT2D eigenvalue weighted by Crippen LogP contribution is 2.24. The molecule has 0 amide bonds. The van der Waals surface area contributed by atoms with Gasteiger partial charge in [-0.1, -0.05) is 0 Å². The Morgan fingerprint density at radius 3 is 3.14 bits per heavy atom. The number of rotatable bonds is 0. The van der Waals surface area contributed by atoms with Crippen LogP contribution in [0.25, 0.3) is 17.1 Å². The average molecular weight is 203 g/mol. The zero-order valence-electron chi connectivity index (χ0n) is 7.04. The van der Waals surface area contributed by atoms with Crippen molar-refractivity contribution in [1.29, 1.82) is 0 Å². The van der Waals surface area contributed by atoms with Crippen LogP contribution >= 0.6 is 0 Å².